The number of hydrogen-bond acceptors (Lipinski definition) is 4. The molecule has 0 bridgehead atoms. The molecule has 112 valence electrons. The van der Waals surface area contributed by atoms with Gasteiger partial charge in [-0.05, 0) is 17.0 Å². The first-order valence-corrected chi connectivity index (χ1v) is 6.63. The maximum absolute atomic E-state index is 10.5. The van der Waals surface area contributed by atoms with E-state index in [1.807, 2.05) is 34.6 Å². The lowest BCUT2D eigenvalue weighted by molar-refractivity contribution is -0.386. The summed E-state index contributed by atoms with van der Waals surface area (Å²) in [6.45, 7) is 9.65. The molecule has 0 fully saturated rings. The maximum atomic E-state index is 10.5. The fourth-order valence-electron chi connectivity index (χ4n) is 1.39. The Bertz CT molecular complexity index is 469. The number of ketones is 1. The van der Waals surface area contributed by atoms with Crippen molar-refractivity contribution in [2.45, 2.75) is 52.9 Å². The SMILES string of the molecule is CC(C)(C)c1ccc(O)c([N+](=O)[O-])c1.CCC(=O)CC. The van der Waals surface area contributed by atoms with Crippen LogP contribution in [0.15, 0.2) is 18.2 Å². The van der Waals surface area contributed by atoms with Crippen molar-refractivity contribution in [2.24, 2.45) is 0 Å². The molecule has 0 radical (unpaired) electrons. The highest BCUT2D eigenvalue weighted by Gasteiger charge is 2.20. The van der Waals surface area contributed by atoms with E-state index in [4.69, 9.17) is 0 Å². The molecule has 0 heterocycles. The number of carbonyl (C=O) groups excluding carboxylic acids is 1. The molecule has 0 aliphatic carbocycles. The van der Waals surface area contributed by atoms with Gasteiger partial charge in [0.15, 0.2) is 5.75 Å². The zero-order chi connectivity index (χ0) is 15.9. The van der Waals surface area contributed by atoms with E-state index < -0.39 is 4.92 Å². The van der Waals surface area contributed by atoms with Crippen LogP contribution in [0.3, 0.4) is 0 Å². The molecule has 0 aliphatic rings. The van der Waals surface area contributed by atoms with Crippen LogP contribution in [0.5, 0.6) is 5.75 Å². The zero-order valence-electron chi connectivity index (χ0n) is 12.8. The van der Waals surface area contributed by atoms with Crippen molar-refractivity contribution < 1.29 is 14.8 Å². The minimum atomic E-state index is -0.579. The van der Waals surface area contributed by atoms with E-state index in [2.05, 4.69) is 0 Å². The van der Waals surface area contributed by atoms with Gasteiger partial charge in [-0.2, -0.15) is 0 Å². The van der Waals surface area contributed by atoms with Gasteiger partial charge in [-0.15, -0.1) is 0 Å². The van der Waals surface area contributed by atoms with Gasteiger partial charge in [0.1, 0.15) is 5.78 Å². The van der Waals surface area contributed by atoms with Gasteiger partial charge in [0, 0.05) is 18.9 Å². The topological polar surface area (TPSA) is 80.4 Å². The molecule has 1 aromatic rings. The molecule has 0 amide bonds. The third-order valence-corrected chi connectivity index (χ3v) is 2.83. The summed E-state index contributed by atoms with van der Waals surface area (Å²) < 4.78 is 0. The molecule has 0 saturated carbocycles. The summed E-state index contributed by atoms with van der Waals surface area (Å²) in [6.07, 6.45) is 1.38. The Morgan fingerprint density at radius 2 is 1.75 bits per heavy atom. The fourth-order valence-corrected chi connectivity index (χ4v) is 1.39. The smallest absolute Gasteiger partial charge is 0.310 e. The number of hydrogen-bond donors (Lipinski definition) is 1. The molecule has 1 aromatic carbocycles. The van der Waals surface area contributed by atoms with Gasteiger partial charge >= 0.3 is 5.69 Å². The first-order valence-electron chi connectivity index (χ1n) is 6.63. The standard InChI is InChI=1S/C10H13NO3.C5H10O/c1-10(2,3)7-4-5-9(12)8(6-7)11(13)14;1-3-5(6)4-2/h4-6,12H,1-3H3;3-4H2,1-2H3. The van der Waals surface area contributed by atoms with Gasteiger partial charge in [-0.3, -0.25) is 14.9 Å². The van der Waals surface area contributed by atoms with Gasteiger partial charge in [0.25, 0.3) is 0 Å². The molecule has 5 heteroatoms. The summed E-state index contributed by atoms with van der Waals surface area (Å²) in [5, 5.41) is 19.8. The average molecular weight is 281 g/mol. The van der Waals surface area contributed by atoms with Crippen LogP contribution < -0.4 is 0 Å². The van der Waals surface area contributed by atoms with Crippen LogP contribution >= 0.6 is 0 Å². The number of nitro benzene ring substituents is 1. The van der Waals surface area contributed by atoms with E-state index in [-0.39, 0.29) is 16.9 Å². The molecular formula is C15H23NO4. The average Bonchev–Trinajstić information content (AvgIpc) is 2.37. The Labute approximate surface area is 119 Å². The van der Waals surface area contributed by atoms with Crippen molar-refractivity contribution in [3.63, 3.8) is 0 Å². The first kappa shape index (κ1) is 18.1. The van der Waals surface area contributed by atoms with Crippen LogP contribution in [0.2, 0.25) is 0 Å². The number of aromatic hydroxyl groups is 1. The summed E-state index contributed by atoms with van der Waals surface area (Å²) in [7, 11) is 0. The van der Waals surface area contributed by atoms with Crippen molar-refractivity contribution in [1.29, 1.82) is 0 Å². The molecule has 0 atom stereocenters. The number of Topliss-reactive ketones (excluding diaryl/α,β-unsaturated/α-hetero) is 1. The minimum Gasteiger partial charge on any atom is -0.502 e. The van der Waals surface area contributed by atoms with Crippen LogP contribution in [-0.4, -0.2) is 15.8 Å². The Morgan fingerprint density at radius 1 is 1.25 bits per heavy atom. The number of phenolic OH excluding ortho intramolecular Hbond substituents is 1. The second kappa shape index (κ2) is 7.62. The van der Waals surface area contributed by atoms with Crippen molar-refractivity contribution in [1.82, 2.24) is 0 Å². The van der Waals surface area contributed by atoms with E-state index in [9.17, 15) is 20.0 Å². The van der Waals surface area contributed by atoms with Crippen LogP contribution in [0.25, 0.3) is 0 Å². The van der Waals surface area contributed by atoms with Gasteiger partial charge < -0.3 is 5.11 Å². The van der Waals surface area contributed by atoms with Crippen molar-refractivity contribution in [2.75, 3.05) is 0 Å². The van der Waals surface area contributed by atoms with Crippen LogP contribution in [0.4, 0.5) is 5.69 Å². The maximum Gasteiger partial charge on any atom is 0.310 e. The summed E-state index contributed by atoms with van der Waals surface area (Å²) in [6, 6.07) is 4.47. The number of benzene rings is 1. The van der Waals surface area contributed by atoms with Crippen LogP contribution in [0.1, 0.15) is 53.0 Å². The lowest BCUT2D eigenvalue weighted by Crippen LogP contribution is -2.11. The second-order valence-electron chi connectivity index (χ2n) is 5.46. The number of carbonyl (C=O) groups is 1. The van der Waals surface area contributed by atoms with Crippen LogP contribution in [0, 0.1) is 10.1 Å². The molecule has 1 N–H and O–H groups in total. The molecule has 1 rings (SSSR count). The fraction of sp³-hybridized carbons (Fsp3) is 0.533. The Hall–Kier alpha value is -1.91. The van der Waals surface area contributed by atoms with Gasteiger partial charge in [-0.1, -0.05) is 40.7 Å². The number of rotatable bonds is 3. The zero-order valence-corrected chi connectivity index (χ0v) is 12.8. The van der Waals surface area contributed by atoms with Crippen molar-refractivity contribution in [3.8, 4) is 5.75 Å². The lowest BCUT2D eigenvalue weighted by Gasteiger charge is -2.18. The largest absolute Gasteiger partial charge is 0.502 e. The molecule has 20 heavy (non-hydrogen) atoms. The Kier molecular flexibility index (Phi) is 6.90. The van der Waals surface area contributed by atoms with Crippen molar-refractivity contribution in [3.05, 3.63) is 33.9 Å². The van der Waals surface area contributed by atoms with Gasteiger partial charge in [-0.25, -0.2) is 0 Å². The molecular weight excluding hydrogens is 258 g/mol. The van der Waals surface area contributed by atoms with E-state index in [0.717, 1.165) is 5.56 Å². The summed E-state index contributed by atoms with van der Waals surface area (Å²) in [5.41, 5.74) is 0.442. The predicted molar refractivity (Wildman–Crippen MR) is 79.1 cm³/mol. The Morgan fingerprint density at radius 3 is 2.05 bits per heavy atom. The first-order chi connectivity index (χ1) is 9.13. The third-order valence-electron chi connectivity index (χ3n) is 2.83. The number of phenols is 1. The quantitative estimate of drug-likeness (QED) is 0.671. The van der Waals surface area contributed by atoms with E-state index in [0.29, 0.717) is 18.6 Å². The second-order valence-corrected chi connectivity index (χ2v) is 5.46. The third kappa shape index (κ3) is 5.82. The van der Waals surface area contributed by atoms with E-state index in [1.54, 1.807) is 6.07 Å². The van der Waals surface area contributed by atoms with Gasteiger partial charge in [0.05, 0.1) is 4.92 Å². The molecule has 0 spiro atoms. The normalized spacial score (nSPS) is 10.4. The summed E-state index contributed by atoms with van der Waals surface area (Å²) in [5.74, 6) is 0.0537. The van der Waals surface area contributed by atoms with E-state index in [1.165, 1.54) is 12.1 Å². The number of nitrogens with zero attached hydrogens (tertiary/aromatic N) is 1. The highest BCUT2D eigenvalue weighted by molar-refractivity contribution is 5.77. The van der Waals surface area contributed by atoms with Crippen LogP contribution in [-0.2, 0) is 10.2 Å². The highest BCUT2D eigenvalue weighted by Crippen LogP contribution is 2.31. The lowest BCUT2D eigenvalue weighted by atomic mass is 9.87. The number of nitro groups is 1. The van der Waals surface area contributed by atoms with Crippen molar-refractivity contribution >= 4 is 11.5 Å². The van der Waals surface area contributed by atoms with Gasteiger partial charge in [0.2, 0.25) is 0 Å². The Balaban J connectivity index is 0.000000511. The highest BCUT2D eigenvalue weighted by atomic mass is 16.6. The monoisotopic (exact) mass is 281 g/mol. The molecule has 0 unspecified atom stereocenters. The predicted octanol–water partition coefficient (Wildman–Crippen LogP) is 3.97. The minimum absolute atomic E-state index is 0.154. The molecule has 0 aliphatic heterocycles. The molecule has 0 saturated heterocycles. The summed E-state index contributed by atoms with van der Waals surface area (Å²) >= 11 is 0. The summed E-state index contributed by atoms with van der Waals surface area (Å²) in [4.78, 5) is 20.1. The van der Waals surface area contributed by atoms with E-state index >= 15 is 0 Å². The molecule has 5 nitrogen and oxygen atoms in total. The molecule has 0 aromatic heterocycles.